The first kappa shape index (κ1) is 8.02. The summed E-state index contributed by atoms with van der Waals surface area (Å²) in [5.74, 6) is 0. The van der Waals surface area contributed by atoms with E-state index in [0.29, 0.717) is 0 Å². The Labute approximate surface area is 56.8 Å². The molecule has 0 unspecified atom stereocenters. The molecule has 0 saturated heterocycles. The van der Waals surface area contributed by atoms with Gasteiger partial charge in [-0.2, -0.15) is 0 Å². The van der Waals surface area contributed by atoms with Crippen molar-refractivity contribution in [1.29, 1.82) is 0 Å². The fraction of sp³-hybridized carbons (Fsp3) is 0.250. The molecule has 1 N–H and O–H groups in total. The summed E-state index contributed by atoms with van der Waals surface area (Å²) < 4.78 is 0. The minimum absolute atomic E-state index is 1.19. The van der Waals surface area contributed by atoms with Gasteiger partial charge in [-0.3, -0.25) is 0 Å². The van der Waals surface area contributed by atoms with E-state index in [9.17, 15) is 0 Å². The highest BCUT2D eigenvalue weighted by Gasteiger charge is 1.73. The summed E-state index contributed by atoms with van der Waals surface area (Å²) in [5.41, 5.74) is 1.19. The van der Waals surface area contributed by atoms with Crippen LogP contribution in [0.4, 0.5) is 0 Å². The Morgan fingerprint density at radius 1 is 1.56 bits per heavy atom. The van der Waals surface area contributed by atoms with Gasteiger partial charge in [-0.25, -0.2) is 0 Å². The number of hydrogen-bond donors (Lipinski definition) is 1. The minimum atomic E-state index is 1.19. The van der Waals surface area contributed by atoms with Gasteiger partial charge >= 0.3 is 0 Å². The van der Waals surface area contributed by atoms with Gasteiger partial charge in [0.15, 0.2) is 0 Å². The maximum Gasteiger partial charge on any atom is 0.00277 e. The van der Waals surface area contributed by atoms with Gasteiger partial charge in [0.25, 0.3) is 0 Å². The number of allylic oxidation sites excluding steroid dienone is 4. The quantitative estimate of drug-likeness (QED) is 0.565. The zero-order chi connectivity index (χ0) is 7.11. The Bertz CT molecular complexity index is 132. The Hall–Kier alpha value is -0.980. The first-order valence-electron chi connectivity index (χ1n) is 2.94. The van der Waals surface area contributed by atoms with E-state index in [1.54, 1.807) is 6.08 Å². The van der Waals surface area contributed by atoms with Crippen LogP contribution in [0.1, 0.15) is 6.92 Å². The van der Waals surface area contributed by atoms with Crippen molar-refractivity contribution >= 4 is 0 Å². The Kier molecular flexibility index (Phi) is 4.60. The smallest absolute Gasteiger partial charge is 0.00277 e. The van der Waals surface area contributed by atoms with Gasteiger partial charge in [0, 0.05) is 7.05 Å². The largest absolute Gasteiger partial charge is 0.394 e. The van der Waals surface area contributed by atoms with E-state index in [2.05, 4.69) is 11.9 Å². The molecule has 0 spiro atoms. The molecule has 0 amide bonds. The van der Waals surface area contributed by atoms with Crippen LogP contribution in [0.5, 0.6) is 0 Å². The molecule has 0 fully saturated rings. The van der Waals surface area contributed by atoms with Crippen molar-refractivity contribution in [3.63, 3.8) is 0 Å². The number of nitrogens with one attached hydrogen (secondary N) is 1. The summed E-state index contributed by atoms with van der Waals surface area (Å²) in [4.78, 5) is 0. The third-order valence-corrected chi connectivity index (χ3v) is 0.894. The van der Waals surface area contributed by atoms with Crippen LogP contribution in [0.3, 0.4) is 0 Å². The highest BCUT2D eigenvalue weighted by molar-refractivity contribution is 5.19. The van der Waals surface area contributed by atoms with Gasteiger partial charge in [-0.1, -0.05) is 18.7 Å². The van der Waals surface area contributed by atoms with Gasteiger partial charge in [0.1, 0.15) is 0 Å². The van der Waals surface area contributed by atoms with Crippen molar-refractivity contribution in [2.75, 3.05) is 7.05 Å². The molecular weight excluding hydrogens is 110 g/mol. The van der Waals surface area contributed by atoms with Crippen molar-refractivity contribution in [2.45, 2.75) is 6.92 Å². The van der Waals surface area contributed by atoms with Crippen molar-refractivity contribution in [1.82, 2.24) is 5.32 Å². The molecule has 0 aromatic heterocycles. The molecule has 9 heavy (non-hydrogen) atoms. The van der Waals surface area contributed by atoms with E-state index in [1.807, 2.05) is 32.3 Å². The second kappa shape index (κ2) is 5.16. The van der Waals surface area contributed by atoms with E-state index in [4.69, 9.17) is 0 Å². The molecule has 1 nitrogen and oxygen atoms in total. The molecule has 0 atom stereocenters. The number of rotatable bonds is 3. The lowest BCUT2D eigenvalue weighted by molar-refractivity contribution is 1.10. The monoisotopic (exact) mass is 123 g/mol. The average Bonchev–Trinajstić information content (AvgIpc) is 1.85. The lowest BCUT2D eigenvalue weighted by atomic mass is 10.3. The van der Waals surface area contributed by atoms with Crippen LogP contribution in [-0.2, 0) is 0 Å². The highest BCUT2D eigenvalue weighted by Crippen LogP contribution is 1.92. The zero-order valence-corrected chi connectivity index (χ0v) is 6.02. The molecule has 0 heterocycles. The minimum Gasteiger partial charge on any atom is -0.394 e. The van der Waals surface area contributed by atoms with E-state index < -0.39 is 0 Å². The topological polar surface area (TPSA) is 12.0 Å². The van der Waals surface area contributed by atoms with Gasteiger partial charge in [0.05, 0.1) is 0 Å². The lowest BCUT2D eigenvalue weighted by Gasteiger charge is -1.87. The van der Waals surface area contributed by atoms with Crippen LogP contribution in [0.15, 0.2) is 36.6 Å². The molecule has 0 aromatic rings. The molecule has 50 valence electrons. The third-order valence-electron chi connectivity index (χ3n) is 0.894. The molecule has 1 heteroatoms. The standard InChI is InChI=1S/C8H13N/c1-4-5-8(2)6-7-9-3/h4-7,9H,1H2,2-3H3/b7-6-,8-5+. The van der Waals surface area contributed by atoms with Crippen molar-refractivity contribution in [3.8, 4) is 0 Å². The predicted octanol–water partition coefficient (Wildman–Crippen LogP) is 1.85. The second-order valence-corrected chi connectivity index (χ2v) is 1.77. The predicted molar refractivity (Wildman–Crippen MR) is 42.2 cm³/mol. The van der Waals surface area contributed by atoms with Gasteiger partial charge in [0.2, 0.25) is 0 Å². The summed E-state index contributed by atoms with van der Waals surface area (Å²) in [7, 11) is 1.87. The summed E-state index contributed by atoms with van der Waals surface area (Å²) in [6.45, 7) is 5.60. The summed E-state index contributed by atoms with van der Waals surface area (Å²) in [5, 5.41) is 2.90. The van der Waals surface area contributed by atoms with E-state index in [-0.39, 0.29) is 0 Å². The Morgan fingerprint density at radius 3 is 2.67 bits per heavy atom. The Morgan fingerprint density at radius 2 is 2.22 bits per heavy atom. The van der Waals surface area contributed by atoms with E-state index >= 15 is 0 Å². The zero-order valence-electron chi connectivity index (χ0n) is 6.02. The fourth-order valence-electron chi connectivity index (χ4n) is 0.456. The average molecular weight is 123 g/mol. The number of hydrogen-bond acceptors (Lipinski definition) is 1. The van der Waals surface area contributed by atoms with Gasteiger partial charge < -0.3 is 5.32 Å². The van der Waals surface area contributed by atoms with Crippen LogP contribution in [-0.4, -0.2) is 7.05 Å². The maximum absolute atomic E-state index is 3.58. The lowest BCUT2D eigenvalue weighted by Crippen LogP contribution is -1.90. The summed E-state index contributed by atoms with van der Waals surface area (Å²) in [6.07, 6.45) is 7.60. The molecule has 0 aromatic carbocycles. The van der Waals surface area contributed by atoms with Crippen molar-refractivity contribution in [3.05, 3.63) is 36.6 Å². The molecule has 0 aliphatic heterocycles. The van der Waals surface area contributed by atoms with E-state index in [0.717, 1.165) is 0 Å². The first-order chi connectivity index (χ1) is 4.31. The van der Waals surface area contributed by atoms with Crippen LogP contribution >= 0.6 is 0 Å². The molecule has 0 aliphatic carbocycles. The Balaban J connectivity index is 3.74. The molecule has 0 radical (unpaired) electrons. The molecule has 0 rings (SSSR count). The van der Waals surface area contributed by atoms with Crippen LogP contribution in [0, 0.1) is 0 Å². The van der Waals surface area contributed by atoms with Gasteiger partial charge in [-0.05, 0) is 24.8 Å². The molecule has 0 saturated carbocycles. The first-order valence-corrected chi connectivity index (χ1v) is 2.94. The maximum atomic E-state index is 3.58. The van der Waals surface area contributed by atoms with Crippen LogP contribution < -0.4 is 5.32 Å². The third kappa shape index (κ3) is 4.88. The highest BCUT2D eigenvalue weighted by atomic mass is 14.8. The normalized spacial score (nSPS) is 12.0. The summed E-state index contributed by atoms with van der Waals surface area (Å²) >= 11 is 0. The van der Waals surface area contributed by atoms with Crippen LogP contribution in [0.2, 0.25) is 0 Å². The summed E-state index contributed by atoms with van der Waals surface area (Å²) in [6, 6.07) is 0. The molecule has 0 bridgehead atoms. The fourth-order valence-corrected chi connectivity index (χ4v) is 0.456. The van der Waals surface area contributed by atoms with Gasteiger partial charge in [-0.15, -0.1) is 0 Å². The second-order valence-electron chi connectivity index (χ2n) is 1.77. The molecule has 0 aliphatic rings. The van der Waals surface area contributed by atoms with Crippen molar-refractivity contribution in [2.24, 2.45) is 0 Å². The van der Waals surface area contributed by atoms with Crippen molar-refractivity contribution < 1.29 is 0 Å². The van der Waals surface area contributed by atoms with Crippen LogP contribution in [0.25, 0.3) is 0 Å². The van der Waals surface area contributed by atoms with E-state index in [1.165, 1.54) is 5.57 Å². The SMILES string of the molecule is C=C/C=C(C)/C=C\NC. The molecular formula is C8H13N.